The van der Waals surface area contributed by atoms with E-state index in [2.05, 4.69) is 29.3 Å². The first-order valence-corrected chi connectivity index (χ1v) is 7.11. The first kappa shape index (κ1) is 14.9. The van der Waals surface area contributed by atoms with E-state index in [1.807, 2.05) is 42.5 Å². The van der Waals surface area contributed by atoms with Crippen molar-refractivity contribution in [3.8, 4) is 0 Å². The minimum Gasteiger partial charge on any atom is -0.450 e. The number of nitrogens with one attached hydrogen (secondary N) is 1. The summed E-state index contributed by atoms with van der Waals surface area (Å²) in [4.78, 5) is 13.6. The van der Waals surface area contributed by atoms with Gasteiger partial charge in [0.1, 0.15) is 0 Å². The van der Waals surface area contributed by atoms with Crippen LogP contribution in [0.5, 0.6) is 0 Å². The van der Waals surface area contributed by atoms with E-state index in [-0.39, 0.29) is 0 Å². The van der Waals surface area contributed by atoms with Crippen molar-refractivity contribution in [2.45, 2.75) is 13.8 Å². The summed E-state index contributed by atoms with van der Waals surface area (Å²) in [6.45, 7) is 5.12. The van der Waals surface area contributed by atoms with Gasteiger partial charge >= 0.3 is 6.09 Å². The maximum Gasteiger partial charge on any atom is 0.411 e. The third-order valence-corrected chi connectivity index (χ3v) is 3.08. The Kier molecular flexibility index (Phi) is 5.21. The highest BCUT2D eigenvalue weighted by atomic mass is 16.5. The second-order valence-corrected chi connectivity index (χ2v) is 4.47. The molecule has 0 unspecified atom stereocenters. The third kappa shape index (κ3) is 3.99. The van der Waals surface area contributed by atoms with E-state index in [0.29, 0.717) is 6.61 Å². The summed E-state index contributed by atoms with van der Waals surface area (Å²) in [5, 5.41) is 2.69. The van der Waals surface area contributed by atoms with Gasteiger partial charge in [0.05, 0.1) is 6.61 Å². The first-order valence-electron chi connectivity index (χ1n) is 7.11. The first-order chi connectivity index (χ1) is 10.2. The fourth-order valence-corrected chi connectivity index (χ4v) is 2.13. The number of nitrogens with zero attached hydrogens (tertiary/aromatic N) is 1. The van der Waals surface area contributed by atoms with Crippen LogP contribution in [0.4, 0.5) is 21.9 Å². The Morgan fingerprint density at radius 2 is 1.62 bits per heavy atom. The van der Waals surface area contributed by atoms with E-state index in [9.17, 15) is 4.79 Å². The van der Waals surface area contributed by atoms with Crippen LogP contribution in [0.2, 0.25) is 0 Å². The number of ether oxygens (including phenoxy) is 1. The standard InChI is InChI=1S/C17H20N2O2/c1-3-19(15-8-6-5-7-9-15)16-12-10-14(11-13-16)18-17(20)21-4-2/h5-13H,3-4H2,1-2H3,(H,18,20). The highest BCUT2D eigenvalue weighted by Crippen LogP contribution is 2.26. The molecule has 0 aliphatic heterocycles. The molecule has 0 spiro atoms. The van der Waals surface area contributed by atoms with Crippen molar-refractivity contribution in [3.63, 3.8) is 0 Å². The molecular formula is C17H20N2O2. The Morgan fingerprint density at radius 1 is 1.00 bits per heavy atom. The quantitative estimate of drug-likeness (QED) is 0.884. The zero-order valence-electron chi connectivity index (χ0n) is 12.4. The van der Waals surface area contributed by atoms with Crippen LogP contribution < -0.4 is 10.2 Å². The Balaban J connectivity index is 2.12. The molecule has 4 heteroatoms. The van der Waals surface area contributed by atoms with Gasteiger partial charge in [-0.15, -0.1) is 0 Å². The largest absolute Gasteiger partial charge is 0.450 e. The molecule has 2 aromatic rings. The van der Waals surface area contributed by atoms with Crippen LogP contribution in [-0.2, 0) is 4.74 Å². The Bertz CT molecular complexity index is 567. The minimum absolute atomic E-state index is 0.363. The van der Waals surface area contributed by atoms with Gasteiger partial charge in [-0.1, -0.05) is 18.2 Å². The molecule has 2 aromatic carbocycles. The maximum atomic E-state index is 11.4. The number of rotatable bonds is 5. The number of para-hydroxylation sites is 1. The van der Waals surface area contributed by atoms with Gasteiger partial charge in [0.15, 0.2) is 0 Å². The van der Waals surface area contributed by atoms with Gasteiger partial charge in [-0.2, -0.15) is 0 Å². The predicted octanol–water partition coefficient (Wildman–Crippen LogP) is 4.41. The van der Waals surface area contributed by atoms with E-state index in [1.165, 1.54) is 0 Å². The number of hydrogen-bond donors (Lipinski definition) is 1. The summed E-state index contributed by atoms with van der Waals surface area (Å²) in [5.74, 6) is 0. The normalized spacial score (nSPS) is 10.0. The monoisotopic (exact) mass is 284 g/mol. The summed E-state index contributed by atoms with van der Waals surface area (Å²) in [6.07, 6.45) is -0.430. The number of anilines is 3. The van der Waals surface area contributed by atoms with E-state index in [0.717, 1.165) is 23.6 Å². The predicted molar refractivity (Wildman–Crippen MR) is 86.2 cm³/mol. The van der Waals surface area contributed by atoms with Gasteiger partial charge in [0.25, 0.3) is 0 Å². The van der Waals surface area contributed by atoms with Crippen molar-refractivity contribution in [2.75, 3.05) is 23.4 Å². The van der Waals surface area contributed by atoms with Crippen LogP contribution in [-0.4, -0.2) is 19.2 Å². The minimum atomic E-state index is -0.430. The van der Waals surface area contributed by atoms with Gasteiger partial charge in [0.2, 0.25) is 0 Å². The molecule has 0 saturated heterocycles. The van der Waals surface area contributed by atoms with Crippen LogP contribution in [0.1, 0.15) is 13.8 Å². The second kappa shape index (κ2) is 7.33. The lowest BCUT2D eigenvalue weighted by Gasteiger charge is -2.23. The van der Waals surface area contributed by atoms with E-state index in [4.69, 9.17) is 4.74 Å². The smallest absolute Gasteiger partial charge is 0.411 e. The maximum absolute atomic E-state index is 11.4. The van der Waals surface area contributed by atoms with Crippen molar-refractivity contribution in [1.82, 2.24) is 0 Å². The zero-order chi connectivity index (χ0) is 15.1. The Labute approximate surface area is 125 Å². The molecule has 2 rings (SSSR count). The summed E-state index contributed by atoms with van der Waals surface area (Å²) in [5.41, 5.74) is 2.95. The van der Waals surface area contributed by atoms with Crippen LogP contribution in [0.3, 0.4) is 0 Å². The molecule has 1 N–H and O–H groups in total. The summed E-state index contributed by atoms with van der Waals surface area (Å²) < 4.78 is 4.85. The van der Waals surface area contributed by atoms with Gasteiger partial charge < -0.3 is 9.64 Å². The molecule has 4 nitrogen and oxygen atoms in total. The van der Waals surface area contributed by atoms with Crippen molar-refractivity contribution < 1.29 is 9.53 Å². The average molecular weight is 284 g/mol. The molecule has 0 radical (unpaired) electrons. The topological polar surface area (TPSA) is 41.6 Å². The van der Waals surface area contributed by atoms with E-state index < -0.39 is 6.09 Å². The highest BCUT2D eigenvalue weighted by molar-refractivity contribution is 5.85. The Morgan fingerprint density at radius 3 is 2.19 bits per heavy atom. The molecule has 0 bridgehead atoms. The zero-order valence-corrected chi connectivity index (χ0v) is 12.4. The third-order valence-electron chi connectivity index (χ3n) is 3.08. The molecule has 0 saturated carbocycles. The fraction of sp³-hybridized carbons (Fsp3) is 0.235. The molecule has 1 amide bonds. The molecule has 0 aliphatic rings. The highest BCUT2D eigenvalue weighted by Gasteiger charge is 2.07. The van der Waals surface area contributed by atoms with Crippen molar-refractivity contribution in [2.24, 2.45) is 0 Å². The van der Waals surface area contributed by atoms with Crippen molar-refractivity contribution in [3.05, 3.63) is 54.6 Å². The molecule has 0 aliphatic carbocycles. The summed E-state index contributed by atoms with van der Waals surface area (Å²) >= 11 is 0. The molecule has 21 heavy (non-hydrogen) atoms. The fourth-order valence-electron chi connectivity index (χ4n) is 2.13. The van der Waals surface area contributed by atoms with Crippen molar-refractivity contribution in [1.29, 1.82) is 0 Å². The van der Waals surface area contributed by atoms with Crippen LogP contribution >= 0.6 is 0 Å². The second-order valence-electron chi connectivity index (χ2n) is 4.47. The van der Waals surface area contributed by atoms with Crippen LogP contribution in [0.25, 0.3) is 0 Å². The number of benzene rings is 2. The van der Waals surface area contributed by atoms with E-state index >= 15 is 0 Å². The van der Waals surface area contributed by atoms with Crippen LogP contribution in [0, 0.1) is 0 Å². The van der Waals surface area contributed by atoms with Gasteiger partial charge in [0, 0.05) is 23.6 Å². The number of carbonyl (C=O) groups excluding carboxylic acids is 1. The van der Waals surface area contributed by atoms with Crippen molar-refractivity contribution >= 4 is 23.2 Å². The van der Waals surface area contributed by atoms with Crippen LogP contribution in [0.15, 0.2) is 54.6 Å². The lowest BCUT2D eigenvalue weighted by atomic mass is 10.2. The molecule has 110 valence electrons. The molecule has 0 atom stereocenters. The van der Waals surface area contributed by atoms with Gasteiger partial charge in [-0.05, 0) is 50.2 Å². The Hall–Kier alpha value is -2.49. The summed E-state index contributed by atoms with van der Waals surface area (Å²) in [7, 11) is 0. The van der Waals surface area contributed by atoms with Gasteiger partial charge in [-0.3, -0.25) is 5.32 Å². The number of amides is 1. The molecule has 0 aromatic heterocycles. The molecule has 0 fully saturated rings. The summed E-state index contributed by atoms with van der Waals surface area (Å²) in [6, 6.07) is 17.9. The number of hydrogen-bond acceptors (Lipinski definition) is 3. The van der Waals surface area contributed by atoms with Gasteiger partial charge in [-0.25, -0.2) is 4.79 Å². The van der Waals surface area contributed by atoms with E-state index in [1.54, 1.807) is 6.92 Å². The molecule has 0 heterocycles. The lowest BCUT2D eigenvalue weighted by molar-refractivity contribution is 0.168. The lowest BCUT2D eigenvalue weighted by Crippen LogP contribution is -2.16. The number of carbonyl (C=O) groups is 1. The SMILES string of the molecule is CCOC(=O)Nc1ccc(N(CC)c2ccccc2)cc1. The molecular weight excluding hydrogens is 264 g/mol. The average Bonchev–Trinajstić information content (AvgIpc) is 2.51.